The Bertz CT molecular complexity index is 878. The third-order valence-corrected chi connectivity index (χ3v) is 4.42. The number of carbonyl (C=O) groups excluding carboxylic acids is 1. The number of piperidine rings is 1. The van der Waals surface area contributed by atoms with Gasteiger partial charge in [0.1, 0.15) is 12.2 Å². The zero-order chi connectivity index (χ0) is 20.1. The largest absolute Gasteiger partial charge is 0.470 e. The van der Waals surface area contributed by atoms with E-state index in [1.54, 1.807) is 4.90 Å². The molecule has 0 radical (unpaired) electrons. The van der Waals surface area contributed by atoms with Crippen LogP contribution >= 0.6 is 0 Å². The molecule has 1 unspecified atom stereocenters. The smallest absolute Gasteiger partial charge is 0.416 e. The van der Waals surface area contributed by atoms with E-state index >= 15 is 0 Å². The van der Waals surface area contributed by atoms with Crippen LogP contribution in [-0.4, -0.2) is 40.0 Å². The molecule has 1 fully saturated rings. The van der Waals surface area contributed by atoms with Crippen molar-refractivity contribution in [3.8, 4) is 11.9 Å². The topological polar surface area (TPSA) is 79.1 Å². The maximum Gasteiger partial charge on any atom is 0.416 e. The van der Waals surface area contributed by atoms with Crippen LogP contribution in [-0.2, 0) is 17.4 Å². The lowest BCUT2D eigenvalue weighted by Crippen LogP contribution is -2.45. The number of hydrogen-bond donors (Lipinski definition) is 0. The molecule has 9 heteroatoms. The normalized spacial score (nSPS) is 17.1. The summed E-state index contributed by atoms with van der Waals surface area (Å²) >= 11 is 0. The molecule has 1 atom stereocenters. The van der Waals surface area contributed by atoms with Gasteiger partial charge >= 0.3 is 6.18 Å². The standard InChI is InChI=1S/C19H17F3N4O2/c20-19(21,22)14-5-3-13(4-6-14)10-17(27)26-9-1-2-15(12-26)28-18-16(11-23)24-7-8-25-18/h3-8,15H,1-2,9-10,12H2. The molecular formula is C19H17F3N4O2. The van der Waals surface area contributed by atoms with E-state index in [0.29, 0.717) is 31.5 Å². The monoisotopic (exact) mass is 390 g/mol. The molecule has 0 saturated carbocycles. The number of halogens is 3. The van der Waals surface area contributed by atoms with Crippen molar-refractivity contribution in [3.63, 3.8) is 0 Å². The number of hydrogen-bond acceptors (Lipinski definition) is 5. The van der Waals surface area contributed by atoms with E-state index in [2.05, 4.69) is 9.97 Å². The maximum atomic E-state index is 12.6. The molecule has 3 rings (SSSR count). The van der Waals surface area contributed by atoms with Crippen molar-refractivity contribution >= 4 is 5.91 Å². The van der Waals surface area contributed by atoms with Gasteiger partial charge in [0.15, 0.2) is 0 Å². The molecule has 28 heavy (non-hydrogen) atoms. The molecule has 2 aromatic rings. The number of alkyl halides is 3. The molecule has 2 heterocycles. The van der Waals surface area contributed by atoms with Crippen LogP contribution in [0, 0.1) is 11.3 Å². The van der Waals surface area contributed by atoms with Crippen molar-refractivity contribution < 1.29 is 22.7 Å². The number of amides is 1. The van der Waals surface area contributed by atoms with Gasteiger partial charge in [-0.25, -0.2) is 9.97 Å². The summed E-state index contributed by atoms with van der Waals surface area (Å²) in [5, 5.41) is 9.05. The SMILES string of the molecule is N#Cc1nccnc1OC1CCCN(C(=O)Cc2ccc(C(F)(F)F)cc2)C1. The van der Waals surface area contributed by atoms with Crippen molar-refractivity contribution in [3.05, 3.63) is 53.5 Å². The Labute approximate surface area is 159 Å². The van der Waals surface area contributed by atoms with E-state index in [9.17, 15) is 18.0 Å². The first kappa shape index (κ1) is 19.6. The molecule has 1 aromatic heterocycles. The zero-order valence-electron chi connectivity index (χ0n) is 14.8. The molecule has 6 nitrogen and oxygen atoms in total. The van der Waals surface area contributed by atoms with E-state index in [1.165, 1.54) is 24.5 Å². The van der Waals surface area contributed by atoms with E-state index in [4.69, 9.17) is 10.00 Å². The van der Waals surface area contributed by atoms with Crippen LogP contribution in [0.4, 0.5) is 13.2 Å². The van der Waals surface area contributed by atoms with Crippen LogP contribution in [0.2, 0.25) is 0 Å². The number of benzene rings is 1. The number of rotatable bonds is 4. The van der Waals surface area contributed by atoms with Gasteiger partial charge in [-0.2, -0.15) is 18.4 Å². The Kier molecular flexibility index (Phi) is 5.78. The average Bonchev–Trinajstić information content (AvgIpc) is 2.68. The van der Waals surface area contributed by atoms with Gasteiger partial charge in [-0.05, 0) is 30.5 Å². The van der Waals surface area contributed by atoms with Crippen molar-refractivity contribution in [2.75, 3.05) is 13.1 Å². The third-order valence-electron chi connectivity index (χ3n) is 4.42. The highest BCUT2D eigenvalue weighted by atomic mass is 19.4. The van der Waals surface area contributed by atoms with Crippen LogP contribution < -0.4 is 4.74 Å². The summed E-state index contributed by atoms with van der Waals surface area (Å²) in [6.45, 7) is 0.867. The molecule has 0 aliphatic carbocycles. The molecule has 0 N–H and O–H groups in total. The Morgan fingerprint density at radius 3 is 2.64 bits per heavy atom. The molecule has 1 aromatic carbocycles. The van der Waals surface area contributed by atoms with Gasteiger partial charge in [-0.3, -0.25) is 4.79 Å². The fourth-order valence-electron chi connectivity index (χ4n) is 3.00. The van der Waals surface area contributed by atoms with Crippen LogP contribution in [0.5, 0.6) is 5.88 Å². The highest BCUT2D eigenvalue weighted by Crippen LogP contribution is 2.29. The summed E-state index contributed by atoms with van der Waals surface area (Å²) in [5.41, 5.74) is -0.148. The van der Waals surface area contributed by atoms with Gasteiger partial charge in [0.25, 0.3) is 5.88 Å². The molecule has 1 aliphatic rings. The Morgan fingerprint density at radius 2 is 1.96 bits per heavy atom. The number of ether oxygens (including phenoxy) is 1. The summed E-state index contributed by atoms with van der Waals surface area (Å²) in [6.07, 6.45) is -0.480. The van der Waals surface area contributed by atoms with E-state index in [1.807, 2.05) is 6.07 Å². The quantitative estimate of drug-likeness (QED) is 0.802. The van der Waals surface area contributed by atoms with Crippen LogP contribution in [0.15, 0.2) is 36.7 Å². The number of aromatic nitrogens is 2. The van der Waals surface area contributed by atoms with Crippen molar-refractivity contribution in [1.82, 2.24) is 14.9 Å². The third kappa shape index (κ3) is 4.76. The summed E-state index contributed by atoms with van der Waals surface area (Å²) < 4.78 is 43.6. The minimum atomic E-state index is -4.40. The summed E-state index contributed by atoms with van der Waals surface area (Å²) in [5.74, 6) is -0.0558. The minimum Gasteiger partial charge on any atom is -0.470 e. The molecule has 1 amide bonds. The summed E-state index contributed by atoms with van der Waals surface area (Å²) in [7, 11) is 0. The van der Waals surface area contributed by atoms with Gasteiger partial charge < -0.3 is 9.64 Å². The molecule has 0 bridgehead atoms. The minimum absolute atomic E-state index is 0.0133. The van der Waals surface area contributed by atoms with Crippen molar-refractivity contribution in [2.45, 2.75) is 31.5 Å². The van der Waals surface area contributed by atoms with Crippen molar-refractivity contribution in [2.24, 2.45) is 0 Å². The zero-order valence-corrected chi connectivity index (χ0v) is 14.8. The first-order chi connectivity index (χ1) is 13.4. The first-order valence-corrected chi connectivity index (χ1v) is 8.68. The summed E-state index contributed by atoms with van der Waals surface area (Å²) in [4.78, 5) is 22.1. The van der Waals surface area contributed by atoms with E-state index in [0.717, 1.165) is 12.1 Å². The molecular weight excluding hydrogens is 373 g/mol. The first-order valence-electron chi connectivity index (χ1n) is 8.68. The highest BCUT2D eigenvalue weighted by Gasteiger charge is 2.30. The van der Waals surface area contributed by atoms with Gasteiger partial charge in [-0.1, -0.05) is 12.1 Å². The molecule has 1 saturated heterocycles. The van der Waals surface area contributed by atoms with E-state index in [-0.39, 0.29) is 30.0 Å². The van der Waals surface area contributed by atoms with Gasteiger partial charge in [0, 0.05) is 18.9 Å². The van der Waals surface area contributed by atoms with Gasteiger partial charge in [0.2, 0.25) is 11.6 Å². The number of nitriles is 1. The second kappa shape index (κ2) is 8.25. The number of carbonyl (C=O) groups is 1. The van der Waals surface area contributed by atoms with Crippen LogP contribution in [0.1, 0.15) is 29.7 Å². The predicted octanol–water partition coefficient (Wildman–Crippen LogP) is 2.98. The molecule has 0 spiro atoms. The average molecular weight is 390 g/mol. The Hall–Kier alpha value is -3.15. The van der Waals surface area contributed by atoms with E-state index < -0.39 is 11.7 Å². The van der Waals surface area contributed by atoms with Gasteiger partial charge in [0.05, 0.1) is 18.5 Å². The molecule has 1 aliphatic heterocycles. The summed E-state index contributed by atoms with van der Waals surface area (Å²) in [6, 6.07) is 6.49. The second-order valence-electron chi connectivity index (χ2n) is 6.42. The van der Waals surface area contributed by atoms with Crippen molar-refractivity contribution in [1.29, 1.82) is 5.26 Å². The second-order valence-corrected chi connectivity index (χ2v) is 6.42. The van der Waals surface area contributed by atoms with Gasteiger partial charge in [-0.15, -0.1) is 0 Å². The van der Waals surface area contributed by atoms with Crippen LogP contribution in [0.3, 0.4) is 0 Å². The molecule has 146 valence electrons. The predicted molar refractivity (Wildman–Crippen MR) is 92.1 cm³/mol. The lowest BCUT2D eigenvalue weighted by atomic mass is 10.0. The lowest BCUT2D eigenvalue weighted by molar-refractivity contribution is -0.137. The Morgan fingerprint density at radius 1 is 1.25 bits per heavy atom. The Balaban J connectivity index is 1.61. The fourth-order valence-corrected chi connectivity index (χ4v) is 3.00. The van der Waals surface area contributed by atoms with Crippen LogP contribution in [0.25, 0.3) is 0 Å². The highest BCUT2D eigenvalue weighted by molar-refractivity contribution is 5.79. The number of likely N-dealkylation sites (tertiary alicyclic amines) is 1. The fraction of sp³-hybridized carbons (Fsp3) is 0.368. The lowest BCUT2D eigenvalue weighted by Gasteiger charge is -2.32. The number of nitrogens with zero attached hydrogens (tertiary/aromatic N) is 4. The maximum absolute atomic E-state index is 12.6.